The van der Waals surface area contributed by atoms with Crippen molar-refractivity contribution in [1.29, 1.82) is 0 Å². The Morgan fingerprint density at radius 1 is 0.712 bits per heavy atom. The minimum atomic E-state index is -6.04. The predicted molar refractivity (Wildman–Crippen MR) is 212 cm³/mol. The van der Waals surface area contributed by atoms with Crippen LogP contribution in [0.15, 0.2) is 10.3 Å². The van der Waals surface area contributed by atoms with Gasteiger partial charge in [-0.1, -0.05) is 57.2 Å². The number of aliphatic hydroxyl groups is 4. The first-order chi connectivity index (χ1) is 27.3. The second kappa shape index (κ2) is 17.5. The number of rotatable bonds is 16. The van der Waals surface area contributed by atoms with E-state index in [-0.39, 0.29) is 44.3 Å². The van der Waals surface area contributed by atoms with Gasteiger partial charge in [0.25, 0.3) is 0 Å². The number of aromatic nitrogens is 10. The molecular weight excluding hydrogens is 999 g/mol. The van der Waals surface area contributed by atoms with E-state index < -0.39 is 94.1 Å². The third kappa shape index (κ3) is 9.48. The van der Waals surface area contributed by atoms with Crippen molar-refractivity contribution in [1.82, 2.24) is 49.9 Å². The first-order valence-electron chi connectivity index (χ1n) is 15.5. The molecule has 0 spiro atoms. The van der Waals surface area contributed by atoms with Crippen LogP contribution >= 0.6 is 74.9 Å². The van der Waals surface area contributed by atoms with Gasteiger partial charge in [-0.15, -0.1) is 10.2 Å². The zero-order valence-electron chi connectivity index (χ0n) is 29.2. The number of ether oxygens (including phenoxy) is 4. The Morgan fingerprint density at radius 2 is 1.07 bits per heavy atom. The highest BCUT2D eigenvalue weighted by Gasteiger charge is 2.64. The monoisotopic (exact) mass is 1030 g/mol. The quantitative estimate of drug-likeness (QED) is 0.0286. The van der Waals surface area contributed by atoms with Crippen LogP contribution in [0.4, 0.5) is 11.6 Å². The molecule has 0 radical (unpaired) electrons. The molecule has 2 saturated heterocycles. The average Bonchev–Trinajstić information content (AvgIpc) is 3.90. The summed E-state index contributed by atoms with van der Waals surface area (Å²) in [4.78, 5) is 59.2. The smallest absolute Gasteiger partial charge is 0.382 e. The Morgan fingerprint density at radius 3 is 1.41 bits per heavy atom. The van der Waals surface area contributed by atoms with E-state index in [2.05, 4.69) is 49.2 Å². The van der Waals surface area contributed by atoms with Crippen LogP contribution in [0.1, 0.15) is 12.5 Å². The molecule has 328 valence electrons. The van der Waals surface area contributed by atoms with Crippen LogP contribution < -0.4 is 11.5 Å². The molecule has 0 aromatic carbocycles. The number of aliphatic hydroxyl groups excluding tert-OH is 4. The molecule has 59 heavy (non-hydrogen) atoms. The number of thioether (sulfide) groups is 2. The number of nitrogens with zero attached hydrogens (tertiary/aromatic N) is 10. The zero-order chi connectivity index (χ0) is 43.6. The topological polar surface area (TPSA) is 416 Å². The Hall–Kier alpha value is -0.960. The van der Waals surface area contributed by atoms with Crippen molar-refractivity contribution in [3.63, 3.8) is 0 Å². The fourth-order valence-corrected chi connectivity index (χ4v) is 15.5. The maximum Gasteiger partial charge on any atom is 0.382 e. The Kier molecular flexibility index (Phi) is 14.1. The van der Waals surface area contributed by atoms with Gasteiger partial charge in [0.05, 0.1) is 0 Å². The van der Waals surface area contributed by atoms with Crippen molar-refractivity contribution in [2.24, 2.45) is 0 Å². The first-order valence-corrected chi connectivity index (χ1v) is 27.6. The van der Waals surface area contributed by atoms with Crippen molar-refractivity contribution >= 4 is 132 Å². The van der Waals surface area contributed by atoms with Crippen molar-refractivity contribution in [3.8, 4) is 0 Å². The highest BCUT2D eigenvalue weighted by atomic mass is 35.5. The van der Waals surface area contributed by atoms with Gasteiger partial charge in [-0.2, -0.15) is 9.36 Å². The average molecular weight is 1030 g/mol. The summed E-state index contributed by atoms with van der Waals surface area (Å²) in [6.45, 7) is -9.52. The van der Waals surface area contributed by atoms with Gasteiger partial charge in [-0.25, -0.2) is 28.6 Å². The van der Waals surface area contributed by atoms with E-state index in [1.54, 1.807) is 12.5 Å². The second-order valence-corrected chi connectivity index (χ2v) is 27.4. The van der Waals surface area contributed by atoms with Crippen LogP contribution in [0.3, 0.4) is 0 Å². The van der Waals surface area contributed by atoms with E-state index in [1.165, 1.54) is 0 Å². The van der Waals surface area contributed by atoms with Gasteiger partial charge in [0, 0.05) is 0 Å². The number of hydrogen-bond acceptors (Lipinski definition) is 26. The number of anilines is 2. The summed E-state index contributed by atoms with van der Waals surface area (Å²) in [7, 11) is -12.1. The molecule has 2 aliphatic heterocycles. The maximum atomic E-state index is 13.2. The number of nitrogens with two attached hydrogens (primary N) is 2. The molecule has 28 nitrogen and oxygen atoms in total. The van der Waals surface area contributed by atoms with E-state index in [1.807, 2.05) is 0 Å². The molecular formula is C21H30Cl2N12O16P4S4. The number of alkyl halides is 2. The molecule has 12 atom stereocenters. The minimum Gasteiger partial charge on any atom is -0.385 e. The lowest BCUT2D eigenvalue weighted by Gasteiger charge is -2.32. The number of hydrogen-bond donors (Lipinski definition) is 10. The Labute approximate surface area is 357 Å². The first kappa shape index (κ1) is 47.5. The summed E-state index contributed by atoms with van der Waals surface area (Å²) in [6, 6.07) is 0. The predicted octanol–water partition coefficient (Wildman–Crippen LogP) is -0.738. The summed E-state index contributed by atoms with van der Waals surface area (Å²) < 4.78 is 55.4. The highest BCUT2D eigenvalue weighted by molar-refractivity contribution is 8.12. The van der Waals surface area contributed by atoms with Crippen molar-refractivity contribution in [2.45, 2.75) is 63.6 Å². The summed E-state index contributed by atoms with van der Waals surface area (Å²) >= 11 is 23.6. The molecule has 4 aromatic rings. The van der Waals surface area contributed by atoms with Gasteiger partial charge in [0.1, 0.15) is 37.1 Å². The van der Waals surface area contributed by atoms with Crippen LogP contribution in [0.2, 0.25) is 0 Å². The summed E-state index contributed by atoms with van der Waals surface area (Å²) in [5.41, 5.74) is 11.9. The fraction of sp³-hybridized carbons (Fsp3) is 0.619. The SMILES string of the molecule is CSc1nc(N)c2nnn([C@@H]3O[C@H](OCP(O)(=S)OP(=O)(O)C(Cl)(Cl)P(=O)(O)OP(O)(=S)CO[C@H]4O[C@@H](n5nnc6c(N)nc(SC)nc65)[C@H](O)[C@@H]4O)[C@@H](O)[C@H]3O)c2n1. The second-order valence-electron chi connectivity index (χ2n) is 11.9. The lowest BCUT2D eigenvalue weighted by atomic mass is 10.2. The molecule has 6 rings (SSSR count). The van der Waals surface area contributed by atoms with Crippen molar-refractivity contribution in [2.75, 3.05) is 36.7 Å². The maximum absolute atomic E-state index is 13.2. The molecule has 0 amide bonds. The van der Waals surface area contributed by atoms with E-state index in [9.17, 15) is 49.1 Å². The Balaban J connectivity index is 1.07. The molecule has 12 N–H and O–H groups in total. The molecule has 38 heteroatoms. The number of fused-ring (bicyclic) bond motifs is 2. The highest BCUT2D eigenvalue weighted by Crippen LogP contribution is 2.83. The zero-order valence-corrected chi connectivity index (χ0v) is 37.5. The van der Waals surface area contributed by atoms with E-state index in [0.717, 1.165) is 32.9 Å². The molecule has 6 heterocycles. The molecule has 4 aromatic heterocycles. The van der Waals surface area contributed by atoms with Crippen molar-refractivity contribution < 1.29 is 76.7 Å². The minimum absolute atomic E-state index is 0.00709. The van der Waals surface area contributed by atoms with E-state index in [4.69, 9.17) is 77.2 Å². The largest absolute Gasteiger partial charge is 0.385 e. The van der Waals surface area contributed by atoms with Gasteiger partial charge >= 0.3 is 19.0 Å². The molecule has 2 aliphatic rings. The number of nitrogen functional groups attached to an aromatic ring is 2. The van der Waals surface area contributed by atoms with Gasteiger partial charge in [-0.05, 0) is 36.1 Å². The normalized spacial score (nSPS) is 29.4. The third-order valence-corrected chi connectivity index (χ3v) is 21.0. The van der Waals surface area contributed by atoms with Gasteiger partial charge in [0.2, 0.25) is 13.0 Å². The third-order valence-electron chi connectivity index (χ3n) is 7.86. The van der Waals surface area contributed by atoms with Gasteiger partial charge < -0.3 is 70.4 Å². The van der Waals surface area contributed by atoms with Gasteiger partial charge in [-0.3, -0.25) is 9.13 Å². The van der Waals surface area contributed by atoms with Crippen LogP contribution in [-0.4, -0.2) is 156 Å². The van der Waals surface area contributed by atoms with Crippen LogP contribution in [0.25, 0.3) is 22.3 Å². The molecule has 4 unspecified atom stereocenters. The lowest BCUT2D eigenvalue weighted by molar-refractivity contribution is -0.168. The molecule has 2 fully saturated rings. The lowest BCUT2D eigenvalue weighted by Crippen LogP contribution is -2.33. The number of halogens is 2. The molecule has 0 saturated carbocycles. The van der Waals surface area contributed by atoms with E-state index in [0.29, 0.717) is 0 Å². The molecule has 0 aliphatic carbocycles. The summed E-state index contributed by atoms with van der Waals surface area (Å²) in [5.74, 6) is -0.0877. The molecule has 0 bridgehead atoms. The van der Waals surface area contributed by atoms with Gasteiger partial charge in [0.15, 0.2) is 69.3 Å². The summed E-state index contributed by atoms with van der Waals surface area (Å²) in [5, 5.41) is 58.4. The standard InChI is InChI=1S/C21H30Cl2N12O16P4S4/c1-58-19-26-11(24)5-13(28-19)34(32-30-5)15-7(36)9(38)17(48-15)46-3-52(40,56)50-54(42,43)21(22,23)55(44,45)51-53(41,57)4-47-18-10(39)8(37)16(49-18)35-14-6(31-33-35)12(25)27-20(29-14)59-2/h7-10,15-18,36-39H,3-4H2,1-2H3,(H,40,56)(H,41,57)(H,42,43)(H,44,45)(H2,24,26,28)(H2,25,27,29)/t7-,8-,9+,10+,15-,16-,17+,18+,52?,53?/m1/s1. The summed E-state index contributed by atoms with van der Waals surface area (Å²) in [6.07, 6.45) is -13.1. The van der Waals surface area contributed by atoms with Crippen molar-refractivity contribution in [3.05, 3.63) is 0 Å². The van der Waals surface area contributed by atoms with E-state index >= 15 is 0 Å². The fourth-order valence-electron chi connectivity index (χ4n) is 5.11. The van der Waals surface area contributed by atoms with Crippen LogP contribution in [-0.2, 0) is 60.3 Å². The van der Waals surface area contributed by atoms with Crippen LogP contribution in [0.5, 0.6) is 0 Å². The van der Waals surface area contributed by atoms with Crippen LogP contribution in [0, 0.1) is 0 Å². The Bertz CT molecular complexity index is 2280.